The molecule has 0 aromatic rings. The molecule has 19 heteroatoms. The molecule has 0 radical (unpaired) electrons. The summed E-state index contributed by atoms with van der Waals surface area (Å²) in [6.07, 6.45) is 2.95. The molecule has 352 valence electrons. The average Bonchev–Trinajstić information content (AvgIpc) is 3.16. The van der Waals surface area contributed by atoms with Crippen molar-refractivity contribution in [1.29, 1.82) is 0 Å². The lowest BCUT2D eigenvalue weighted by atomic mass is 9.97. The summed E-state index contributed by atoms with van der Waals surface area (Å²) in [6.45, 7) is 18.5. The minimum absolute atomic E-state index is 0.0804. The van der Waals surface area contributed by atoms with Crippen LogP contribution in [0, 0.1) is 29.6 Å². The Morgan fingerprint density at radius 3 is 1.07 bits per heavy atom. The van der Waals surface area contributed by atoms with Crippen LogP contribution >= 0.6 is 0 Å². The molecule has 0 aliphatic carbocycles. The summed E-state index contributed by atoms with van der Waals surface area (Å²) >= 11 is 0. The maximum atomic E-state index is 14.0. The van der Waals surface area contributed by atoms with Crippen molar-refractivity contribution in [3.63, 3.8) is 0 Å². The van der Waals surface area contributed by atoms with Crippen molar-refractivity contribution >= 4 is 47.3 Å². The van der Waals surface area contributed by atoms with E-state index in [0.29, 0.717) is 38.8 Å². The smallest absolute Gasteiger partial charge is 0.326 e. The number of nitrogens with one attached hydrogen (secondary N) is 7. The van der Waals surface area contributed by atoms with Crippen molar-refractivity contribution in [3.05, 3.63) is 0 Å². The standard InChI is InChI=1S/C42H80N10O9/c1-23(2)19-30(37(55)46-28(15-11-13-17-43)36(54)47-29(42(60)61)16-12-14-18-44)48-38(56)31(20-24(3)4)49-39(57)32(21-25(5)6)50-40(58)35(27(9)10)52-41(59)34(26(7)8)51-33(53)22-45/h23-32,34-35H,11-22,43-45H2,1-10H3,(H,46,55)(H,47,54)(H,48,56)(H,49,57)(H,50,58)(H,51,53)(H,52,59)(H,60,61)/t28-,29-,30-,31-,32-,34-,35-/m0/s1. The second kappa shape index (κ2) is 29.8. The highest BCUT2D eigenvalue weighted by molar-refractivity contribution is 5.97. The summed E-state index contributed by atoms with van der Waals surface area (Å²) < 4.78 is 0. The van der Waals surface area contributed by atoms with E-state index >= 15 is 0 Å². The van der Waals surface area contributed by atoms with Gasteiger partial charge in [0.25, 0.3) is 0 Å². The van der Waals surface area contributed by atoms with Gasteiger partial charge < -0.3 is 59.5 Å². The molecule has 0 aromatic carbocycles. The molecule has 0 rings (SSSR count). The summed E-state index contributed by atoms with van der Waals surface area (Å²) in [5.41, 5.74) is 16.7. The van der Waals surface area contributed by atoms with Crippen molar-refractivity contribution in [3.8, 4) is 0 Å². The maximum Gasteiger partial charge on any atom is 0.326 e. The zero-order chi connectivity index (χ0) is 47.0. The molecule has 0 fully saturated rings. The number of carbonyl (C=O) groups is 8. The Labute approximate surface area is 363 Å². The van der Waals surface area contributed by atoms with Crippen LogP contribution in [0.5, 0.6) is 0 Å². The first-order chi connectivity index (χ1) is 28.5. The zero-order valence-electron chi connectivity index (χ0n) is 38.4. The first kappa shape index (κ1) is 56.6. The molecule has 0 saturated carbocycles. The van der Waals surface area contributed by atoms with Crippen LogP contribution in [-0.4, -0.2) is 114 Å². The second-order valence-electron chi connectivity index (χ2n) is 17.8. The normalized spacial score (nSPS) is 15.0. The largest absolute Gasteiger partial charge is 0.480 e. The van der Waals surface area contributed by atoms with Crippen LogP contribution in [0.25, 0.3) is 0 Å². The van der Waals surface area contributed by atoms with Gasteiger partial charge in [0, 0.05) is 0 Å². The molecule has 0 aliphatic heterocycles. The Morgan fingerprint density at radius 1 is 0.410 bits per heavy atom. The minimum Gasteiger partial charge on any atom is -0.480 e. The molecule has 19 nitrogen and oxygen atoms in total. The van der Waals surface area contributed by atoms with Crippen LogP contribution in [0.3, 0.4) is 0 Å². The molecule has 61 heavy (non-hydrogen) atoms. The minimum atomic E-state index is -1.22. The first-order valence-corrected chi connectivity index (χ1v) is 21.9. The van der Waals surface area contributed by atoms with Gasteiger partial charge in [-0.1, -0.05) is 69.2 Å². The Hall–Kier alpha value is -4.36. The van der Waals surface area contributed by atoms with E-state index in [0.717, 1.165) is 0 Å². The molecule has 0 saturated heterocycles. The van der Waals surface area contributed by atoms with E-state index in [2.05, 4.69) is 37.2 Å². The predicted molar refractivity (Wildman–Crippen MR) is 234 cm³/mol. The van der Waals surface area contributed by atoms with Crippen molar-refractivity contribution in [2.45, 2.75) is 169 Å². The van der Waals surface area contributed by atoms with Crippen molar-refractivity contribution in [1.82, 2.24) is 37.2 Å². The first-order valence-electron chi connectivity index (χ1n) is 21.9. The number of rotatable bonds is 31. The van der Waals surface area contributed by atoms with E-state index in [9.17, 15) is 43.5 Å². The number of aliphatic carboxylic acids is 1. The van der Waals surface area contributed by atoms with Gasteiger partial charge in [-0.15, -0.1) is 0 Å². The summed E-state index contributed by atoms with van der Waals surface area (Å²) in [4.78, 5) is 106. The van der Waals surface area contributed by atoms with E-state index in [1.807, 2.05) is 41.5 Å². The summed E-state index contributed by atoms with van der Waals surface area (Å²) in [5, 5.41) is 28.6. The van der Waals surface area contributed by atoms with E-state index in [4.69, 9.17) is 17.2 Å². The number of carboxylic acid groups (broad SMARTS) is 1. The van der Waals surface area contributed by atoms with E-state index in [1.165, 1.54) is 0 Å². The maximum absolute atomic E-state index is 14.0. The van der Waals surface area contributed by atoms with Crippen LogP contribution in [-0.2, 0) is 38.4 Å². The SMILES string of the molecule is CC(C)C[C@H](NC(=O)[C@H](CC(C)C)NC(=O)[C@H](CC(C)C)NC(=O)[C@@H](NC(=O)[C@@H](NC(=O)CN)C(C)C)C(C)C)C(=O)N[C@@H](CCCCN)C(=O)N[C@@H](CCCCN)C(=O)O. The Kier molecular flexibility index (Phi) is 27.7. The number of amides is 7. The molecule has 0 aliphatic rings. The van der Waals surface area contributed by atoms with Gasteiger partial charge >= 0.3 is 5.97 Å². The number of unbranched alkanes of at least 4 members (excludes halogenated alkanes) is 2. The number of hydrogen-bond donors (Lipinski definition) is 11. The van der Waals surface area contributed by atoms with Crippen molar-refractivity contribution in [2.75, 3.05) is 19.6 Å². The molecule has 14 N–H and O–H groups in total. The fourth-order valence-electron chi connectivity index (χ4n) is 6.52. The Balaban J connectivity index is 6.41. The number of carbonyl (C=O) groups excluding carboxylic acids is 7. The molecule has 0 spiro atoms. The lowest BCUT2D eigenvalue weighted by Crippen LogP contribution is -2.61. The fraction of sp³-hybridized carbons (Fsp3) is 0.810. The topological polar surface area (TPSA) is 319 Å². The third-order valence-corrected chi connectivity index (χ3v) is 9.86. The van der Waals surface area contributed by atoms with E-state index < -0.39 is 95.5 Å². The molecule has 7 atom stereocenters. The van der Waals surface area contributed by atoms with Crippen LogP contribution < -0.4 is 54.4 Å². The van der Waals surface area contributed by atoms with Crippen molar-refractivity contribution < 1.29 is 43.5 Å². The van der Waals surface area contributed by atoms with Gasteiger partial charge in [-0.3, -0.25) is 33.6 Å². The quantitative estimate of drug-likeness (QED) is 0.0415. The summed E-state index contributed by atoms with van der Waals surface area (Å²) in [7, 11) is 0. The number of nitrogens with two attached hydrogens (primary N) is 3. The molecular weight excluding hydrogens is 789 g/mol. The summed E-state index contributed by atoms with van der Waals surface area (Å²) in [6, 6.07) is -7.72. The lowest BCUT2D eigenvalue weighted by molar-refractivity contribution is -0.142. The Bertz CT molecular complexity index is 1410. The van der Waals surface area contributed by atoms with Gasteiger partial charge in [-0.25, -0.2) is 4.79 Å². The van der Waals surface area contributed by atoms with E-state index in [-0.39, 0.29) is 62.3 Å². The molecule has 0 heterocycles. The van der Waals surface area contributed by atoms with Gasteiger partial charge in [0.15, 0.2) is 0 Å². The van der Waals surface area contributed by atoms with Gasteiger partial charge in [-0.2, -0.15) is 0 Å². The monoisotopic (exact) mass is 869 g/mol. The number of carboxylic acids is 1. The molecule has 7 amide bonds. The lowest BCUT2D eigenvalue weighted by Gasteiger charge is -2.30. The Morgan fingerprint density at radius 2 is 0.721 bits per heavy atom. The molecule has 0 aromatic heterocycles. The average molecular weight is 869 g/mol. The van der Waals surface area contributed by atoms with Crippen LogP contribution in [0.1, 0.15) is 127 Å². The third-order valence-electron chi connectivity index (χ3n) is 9.86. The highest BCUT2D eigenvalue weighted by atomic mass is 16.4. The van der Waals surface area contributed by atoms with Crippen LogP contribution in [0.2, 0.25) is 0 Å². The molecular formula is C42H80N10O9. The van der Waals surface area contributed by atoms with E-state index in [1.54, 1.807) is 27.7 Å². The highest BCUT2D eigenvalue weighted by Gasteiger charge is 2.35. The highest BCUT2D eigenvalue weighted by Crippen LogP contribution is 2.14. The van der Waals surface area contributed by atoms with Gasteiger partial charge in [0.05, 0.1) is 6.54 Å². The number of hydrogen-bond acceptors (Lipinski definition) is 11. The van der Waals surface area contributed by atoms with Gasteiger partial charge in [-0.05, 0) is 100 Å². The van der Waals surface area contributed by atoms with Crippen LogP contribution in [0.4, 0.5) is 0 Å². The van der Waals surface area contributed by atoms with Gasteiger partial charge in [0.2, 0.25) is 41.4 Å². The van der Waals surface area contributed by atoms with Gasteiger partial charge in [0.1, 0.15) is 42.3 Å². The summed E-state index contributed by atoms with van der Waals surface area (Å²) in [5.74, 6) is -6.61. The molecule has 0 unspecified atom stereocenters. The van der Waals surface area contributed by atoms with Crippen LogP contribution in [0.15, 0.2) is 0 Å². The third kappa shape index (κ3) is 22.9. The fourth-order valence-corrected chi connectivity index (χ4v) is 6.52. The zero-order valence-corrected chi connectivity index (χ0v) is 38.4. The molecule has 0 bridgehead atoms. The second-order valence-corrected chi connectivity index (χ2v) is 17.8. The predicted octanol–water partition coefficient (Wildman–Crippen LogP) is 0.132. The van der Waals surface area contributed by atoms with Crippen molar-refractivity contribution in [2.24, 2.45) is 46.8 Å².